The van der Waals surface area contributed by atoms with E-state index in [1.807, 2.05) is 6.92 Å². The van der Waals surface area contributed by atoms with Gasteiger partial charge >= 0.3 is 0 Å². The fourth-order valence-electron chi connectivity index (χ4n) is 2.72. The SMILES string of the molecule is CCCC(N)C(=O)N1CCN(C(=O)c2ccc(OC)cc2)CC1. The van der Waals surface area contributed by atoms with Crippen molar-refractivity contribution >= 4 is 11.8 Å². The summed E-state index contributed by atoms with van der Waals surface area (Å²) in [5.74, 6) is 0.697. The summed E-state index contributed by atoms with van der Waals surface area (Å²) in [6, 6.07) is 6.64. The van der Waals surface area contributed by atoms with Gasteiger partial charge in [0.15, 0.2) is 0 Å². The van der Waals surface area contributed by atoms with E-state index in [1.54, 1.807) is 41.2 Å². The lowest BCUT2D eigenvalue weighted by Crippen LogP contribution is -2.54. The molecule has 0 aromatic heterocycles. The lowest BCUT2D eigenvalue weighted by atomic mass is 10.1. The van der Waals surface area contributed by atoms with Crippen LogP contribution in [0, 0.1) is 0 Å². The van der Waals surface area contributed by atoms with Crippen LogP contribution in [-0.2, 0) is 4.79 Å². The Kier molecular flexibility index (Phi) is 5.98. The molecular weight excluding hydrogens is 294 g/mol. The number of carbonyl (C=O) groups is 2. The molecule has 0 radical (unpaired) electrons. The minimum Gasteiger partial charge on any atom is -0.497 e. The summed E-state index contributed by atoms with van der Waals surface area (Å²) >= 11 is 0. The molecule has 0 bridgehead atoms. The third-order valence-corrected chi connectivity index (χ3v) is 4.13. The number of piperazine rings is 1. The maximum Gasteiger partial charge on any atom is 0.253 e. The van der Waals surface area contributed by atoms with Crippen LogP contribution < -0.4 is 10.5 Å². The van der Waals surface area contributed by atoms with E-state index in [4.69, 9.17) is 10.5 Å². The number of nitrogens with two attached hydrogens (primary N) is 1. The molecule has 1 aromatic carbocycles. The Bertz CT molecular complexity index is 537. The molecule has 0 aliphatic carbocycles. The van der Waals surface area contributed by atoms with Crippen LogP contribution in [0.3, 0.4) is 0 Å². The summed E-state index contributed by atoms with van der Waals surface area (Å²) in [4.78, 5) is 28.2. The maximum atomic E-state index is 12.5. The quantitative estimate of drug-likeness (QED) is 0.882. The predicted octanol–water partition coefficient (Wildman–Crippen LogP) is 1.11. The van der Waals surface area contributed by atoms with Gasteiger partial charge in [-0.1, -0.05) is 13.3 Å². The molecule has 2 amide bonds. The zero-order valence-electron chi connectivity index (χ0n) is 13.8. The maximum absolute atomic E-state index is 12.5. The molecule has 126 valence electrons. The van der Waals surface area contributed by atoms with Gasteiger partial charge < -0.3 is 20.3 Å². The Balaban J connectivity index is 1.90. The highest BCUT2D eigenvalue weighted by Gasteiger charge is 2.27. The molecule has 1 aromatic rings. The summed E-state index contributed by atoms with van der Waals surface area (Å²) in [5, 5.41) is 0. The van der Waals surface area contributed by atoms with Crippen LogP contribution >= 0.6 is 0 Å². The van der Waals surface area contributed by atoms with Gasteiger partial charge in [-0.05, 0) is 30.7 Å². The van der Waals surface area contributed by atoms with Gasteiger partial charge in [0, 0.05) is 31.7 Å². The fraction of sp³-hybridized carbons (Fsp3) is 0.529. The lowest BCUT2D eigenvalue weighted by molar-refractivity contribution is -0.134. The molecule has 1 aliphatic rings. The second-order valence-corrected chi connectivity index (χ2v) is 5.74. The molecule has 2 N–H and O–H groups in total. The van der Waals surface area contributed by atoms with Crippen molar-refractivity contribution in [3.8, 4) is 5.75 Å². The third-order valence-electron chi connectivity index (χ3n) is 4.13. The number of hydrogen-bond donors (Lipinski definition) is 1. The summed E-state index contributed by atoms with van der Waals surface area (Å²) in [5.41, 5.74) is 6.52. The number of rotatable bonds is 5. The van der Waals surface area contributed by atoms with E-state index in [2.05, 4.69) is 0 Å². The first-order chi connectivity index (χ1) is 11.1. The van der Waals surface area contributed by atoms with Crippen molar-refractivity contribution in [1.29, 1.82) is 0 Å². The first kappa shape index (κ1) is 17.3. The topological polar surface area (TPSA) is 75.9 Å². The van der Waals surface area contributed by atoms with Crippen LogP contribution in [-0.4, -0.2) is 60.9 Å². The van der Waals surface area contributed by atoms with Gasteiger partial charge in [0.05, 0.1) is 13.2 Å². The highest BCUT2D eigenvalue weighted by atomic mass is 16.5. The number of benzene rings is 1. The summed E-state index contributed by atoms with van der Waals surface area (Å²) in [6.07, 6.45) is 1.59. The number of ether oxygens (including phenoxy) is 1. The van der Waals surface area contributed by atoms with Crippen LogP contribution in [0.15, 0.2) is 24.3 Å². The van der Waals surface area contributed by atoms with Gasteiger partial charge in [0.1, 0.15) is 5.75 Å². The summed E-state index contributed by atoms with van der Waals surface area (Å²) in [7, 11) is 1.59. The van der Waals surface area contributed by atoms with Crippen molar-refractivity contribution in [2.45, 2.75) is 25.8 Å². The second-order valence-electron chi connectivity index (χ2n) is 5.74. The Morgan fingerprint density at radius 1 is 1.13 bits per heavy atom. The molecule has 6 nitrogen and oxygen atoms in total. The number of methoxy groups -OCH3 is 1. The largest absolute Gasteiger partial charge is 0.497 e. The Morgan fingerprint density at radius 2 is 1.70 bits per heavy atom. The number of nitrogens with zero attached hydrogens (tertiary/aromatic N) is 2. The highest BCUT2D eigenvalue weighted by molar-refractivity contribution is 5.94. The van der Waals surface area contributed by atoms with Crippen LogP contribution in [0.1, 0.15) is 30.1 Å². The molecule has 23 heavy (non-hydrogen) atoms. The van der Waals surface area contributed by atoms with Crippen molar-refractivity contribution in [3.63, 3.8) is 0 Å². The van der Waals surface area contributed by atoms with E-state index in [0.717, 1.165) is 12.2 Å². The lowest BCUT2D eigenvalue weighted by Gasteiger charge is -2.36. The fourth-order valence-corrected chi connectivity index (χ4v) is 2.72. The molecule has 1 aliphatic heterocycles. The smallest absolute Gasteiger partial charge is 0.253 e. The minimum absolute atomic E-state index is 0.0107. The molecule has 1 unspecified atom stereocenters. The Labute approximate surface area is 137 Å². The first-order valence-corrected chi connectivity index (χ1v) is 8.04. The van der Waals surface area contributed by atoms with E-state index in [9.17, 15) is 9.59 Å². The third kappa shape index (κ3) is 4.22. The minimum atomic E-state index is -0.427. The number of amides is 2. The molecule has 1 heterocycles. The molecule has 2 rings (SSSR count). The monoisotopic (exact) mass is 319 g/mol. The van der Waals surface area contributed by atoms with Crippen LogP contribution in [0.5, 0.6) is 5.75 Å². The van der Waals surface area contributed by atoms with Crippen molar-refractivity contribution in [3.05, 3.63) is 29.8 Å². The van der Waals surface area contributed by atoms with Crippen LogP contribution in [0.2, 0.25) is 0 Å². The van der Waals surface area contributed by atoms with E-state index in [-0.39, 0.29) is 11.8 Å². The second kappa shape index (κ2) is 7.97. The first-order valence-electron chi connectivity index (χ1n) is 8.04. The predicted molar refractivity (Wildman–Crippen MR) is 88.4 cm³/mol. The molecule has 6 heteroatoms. The van der Waals surface area contributed by atoms with Gasteiger partial charge in [-0.25, -0.2) is 0 Å². The molecule has 1 atom stereocenters. The molecule has 1 saturated heterocycles. The van der Waals surface area contributed by atoms with Crippen LogP contribution in [0.25, 0.3) is 0 Å². The summed E-state index contributed by atoms with van der Waals surface area (Å²) in [6.45, 7) is 4.17. The van der Waals surface area contributed by atoms with Gasteiger partial charge in [0.25, 0.3) is 5.91 Å². The van der Waals surface area contributed by atoms with Gasteiger partial charge in [-0.15, -0.1) is 0 Å². The van der Waals surface area contributed by atoms with Gasteiger partial charge in [-0.3, -0.25) is 9.59 Å². The average Bonchev–Trinajstić information content (AvgIpc) is 2.61. The number of carbonyl (C=O) groups excluding carboxylic acids is 2. The normalized spacial score (nSPS) is 16.1. The number of hydrogen-bond acceptors (Lipinski definition) is 4. The van der Waals surface area contributed by atoms with Crippen molar-refractivity contribution in [2.75, 3.05) is 33.3 Å². The summed E-state index contributed by atoms with van der Waals surface area (Å²) < 4.78 is 5.10. The van der Waals surface area contributed by atoms with E-state index >= 15 is 0 Å². The zero-order valence-corrected chi connectivity index (χ0v) is 13.8. The average molecular weight is 319 g/mol. The van der Waals surface area contributed by atoms with Crippen molar-refractivity contribution in [1.82, 2.24) is 9.80 Å². The van der Waals surface area contributed by atoms with Gasteiger partial charge in [0.2, 0.25) is 5.91 Å². The standard InChI is InChI=1S/C17H25N3O3/c1-3-4-15(18)17(22)20-11-9-19(10-12-20)16(21)13-5-7-14(23-2)8-6-13/h5-8,15H,3-4,9-12,18H2,1-2H3. The molecule has 0 spiro atoms. The molecular formula is C17H25N3O3. The van der Waals surface area contributed by atoms with E-state index in [0.29, 0.717) is 38.2 Å². The highest BCUT2D eigenvalue weighted by Crippen LogP contribution is 2.14. The van der Waals surface area contributed by atoms with Crippen molar-refractivity contribution in [2.24, 2.45) is 5.73 Å². The van der Waals surface area contributed by atoms with E-state index in [1.165, 1.54) is 0 Å². The zero-order chi connectivity index (χ0) is 16.8. The Hall–Kier alpha value is -2.08. The van der Waals surface area contributed by atoms with Crippen molar-refractivity contribution < 1.29 is 14.3 Å². The van der Waals surface area contributed by atoms with E-state index < -0.39 is 6.04 Å². The Morgan fingerprint density at radius 3 is 2.22 bits per heavy atom. The molecule has 1 fully saturated rings. The van der Waals surface area contributed by atoms with Gasteiger partial charge in [-0.2, -0.15) is 0 Å². The van der Waals surface area contributed by atoms with Crippen LogP contribution in [0.4, 0.5) is 0 Å². The molecule has 0 saturated carbocycles.